The van der Waals surface area contributed by atoms with Crippen molar-refractivity contribution < 1.29 is 14.0 Å². The van der Waals surface area contributed by atoms with Crippen LogP contribution in [0.15, 0.2) is 18.2 Å². The van der Waals surface area contributed by atoms with Crippen molar-refractivity contribution in [3.05, 3.63) is 29.6 Å². The van der Waals surface area contributed by atoms with Gasteiger partial charge in [0.2, 0.25) is 11.8 Å². The largest absolute Gasteiger partial charge is 0.343 e. The summed E-state index contributed by atoms with van der Waals surface area (Å²) in [6, 6.07) is 4.67. The highest BCUT2D eigenvalue weighted by Gasteiger charge is 2.26. The molecule has 0 aliphatic carbocycles. The Hall–Kier alpha value is -1.91. The third-order valence-electron chi connectivity index (χ3n) is 3.75. The van der Waals surface area contributed by atoms with E-state index in [9.17, 15) is 14.0 Å². The number of aryl methyl sites for hydroxylation is 1. The molecule has 0 spiro atoms. The van der Waals surface area contributed by atoms with E-state index in [2.05, 4.69) is 5.32 Å². The average molecular weight is 278 g/mol. The van der Waals surface area contributed by atoms with Crippen LogP contribution < -0.4 is 5.32 Å². The second-order valence-corrected chi connectivity index (χ2v) is 5.23. The molecule has 0 atom stereocenters. The lowest BCUT2D eigenvalue weighted by Gasteiger charge is -2.30. The molecule has 1 aliphatic heterocycles. The zero-order valence-corrected chi connectivity index (χ0v) is 11.8. The first kappa shape index (κ1) is 14.5. The molecule has 0 aromatic heterocycles. The number of anilines is 1. The normalized spacial score (nSPS) is 16.1. The van der Waals surface area contributed by atoms with E-state index >= 15 is 0 Å². The Morgan fingerprint density at radius 1 is 1.30 bits per heavy atom. The zero-order chi connectivity index (χ0) is 14.7. The maximum Gasteiger partial charge on any atom is 0.227 e. The predicted octanol–water partition coefficient (Wildman–Crippen LogP) is 2.33. The first-order chi connectivity index (χ1) is 9.47. The van der Waals surface area contributed by atoms with E-state index in [0.29, 0.717) is 37.2 Å². The molecule has 5 heteroatoms. The number of piperidine rings is 1. The number of rotatable bonds is 2. The monoisotopic (exact) mass is 278 g/mol. The van der Waals surface area contributed by atoms with E-state index in [4.69, 9.17) is 0 Å². The van der Waals surface area contributed by atoms with Gasteiger partial charge in [0.15, 0.2) is 0 Å². The van der Waals surface area contributed by atoms with Crippen molar-refractivity contribution in [3.8, 4) is 0 Å². The summed E-state index contributed by atoms with van der Waals surface area (Å²) in [7, 11) is 0. The van der Waals surface area contributed by atoms with Gasteiger partial charge in [-0.3, -0.25) is 9.59 Å². The fraction of sp³-hybridized carbons (Fsp3) is 0.467. The van der Waals surface area contributed by atoms with Crippen molar-refractivity contribution in [3.63, 3.8) is 0 Å². The van der Waals surface area contributed by atoms with Gasteiger partial charge in [-0.15, -0.1) is 0 Å². The minimum atomic E-state index is -0.325. The van der Waals surface area contributed by atoms with Gasteiger partial charge in [-0.1, -0.05) is 6.07 Å². The van der Waals surface area contributed by atoms with Gasteiger partial charge < -0.3 is 10.2 Å². The van der Waals surface area contributed by atoms with Crippen molar-refractivity contribution in [2.24, 2.45) is 5.92 Å². The van der Waals surface area contributed by atoms with Crippen LogP contribution in [0, 0.1) is 18.7 Å². The molecule has 1 aromatic rings. The smallest absolute Gasteiger partial charge is 0.227 e. The first-order valence-electron chi connectivity index (χ1n) is 6.80. The van der Waals surface area contributed by atoms with Gasteiger partial charge >= 0.3 is 0 Å². The average Bonchev–Trinajstić information content (AvgIpc) is 2.43. The molecule has 108 valence electrons. The second-order valence-electron chi connectivity index (χ2n) is 5.23. The number of nitrogens with one attached hydrogen (secondary N) is 1. The first-order valence-corrected chi connectivity index (χ1v) is 6.80. The second kappa shape index (κ2) is 6.03. The lowest BCUT2D eigenvalue weighted by Crippen LogP contribution is -2.40. The summed E-state index contributed by atoms with van der Waals surface area (Å²) in [5, 5.41) is 2.74. The van der Waals surface area contributed by atoms with Gasteiger partial charge in [0.25, 0.3) is 0 Å². The number of carbonyl (C=O) groups is 2. The van der Waals surface area contributed by atoms with Crippen LogP contribution in [-0.4, -0.2) is 29.8 Å². The van der Waals surface area contributed by atoms with Crippen LogP contribution in [0.2, 0.25) is 0 Å². The molecule has 20 heavy (non-hydrogen) atoms. The quantitative estimate of drug-likeness (QED) is 0.902. The summed E-state index contributed by atoms with van der Waals surface area (Å²) in [6.07, 6.45) is 1.31. The van der Waals surface area contributed by atoms with E-state index in [1.165, 1.54) is 13.0 Å². The summed E-state index contributed by atoms with van der Waals surface area (Å²) in [4.78, 5) is 25.1. The van der Waals surface area contributed by atoms with Crippen LogP contribution in [0.25, 0.3) is 0 Å². The maximum atomic E-state index is 13.4. The fourth-order valence-electron chi connectivity index (χ4n) is 2.37. The summed E-state index contributed by atoms with van der Waals surface area (Å²) >= 11 is 0. The number of amides is 2. The van der Waals surface area contributed by atoms with Gasteiger partial charge in [0.1, 0.15) is 5.82 Å². The van der Waals surface area contributed by atoms with Crippen molar-refractivity contribution in [1.29, 1.82) is 0 Å². The summed E-state index contributed by atoms with van der Waals surface area (Å²) in [5.41, 5.74) is 1.03. The Morgan fingerprint density at radius 2 is 1.95 bits per heavy atom. The van der Waals surface area contributed by atoms with Gasteiger partial charge in [0.05, 0.1) is 0 Å². The highest BCUT2D eigenvalue weighted by atomic mass is 19.1. The van der Waals surface area contributed by atoms with Crippen molar-refractivity contribution in [2.75, 3.05) is 18.4 Å². The number of nitrogens with zero attached hydrogens (tertiary/aromatic N) is 1. The van der Waals surface area contributed by atoms with Gasteiger partial charge in [-0.05, 0) is 37.5 Å². The lowest BCUT2D eigenvalue weighted by atomic mass is 9.96. The lowest BCUT2D eigenvalue weighted by molar-refractivity contribution is -0.132. The number of benzene rings is 1. The minimum absolute atomic E-state index is 0.0458. The third kappa shape index (κ3) is 3.35. The van der Waals surface area contributed by atoms with Gasteiger partial charge in [-0.25, -0.2) is 4.39 Å². The van der Waals surface area contributed by atoms with Crippen molar-refractivity contribution in [2.45, 2.75) is 26.7 Å². The van der Waals surface area contributed by atoms with Crippen LogP contribution in [0.3, 0.4) is 0 Å². The van der Waals surface area contributed by atoms with Gasteiger partial charge in [0, 0.05) is 31.6 Å². The predicted molar refractivity (Wildman–Crippen MR) is 74.7 cm³/mol. The SMILES string of the molecule is CC(=O)N1CCC(C(=O)Nc2ccc(C)c(F)c2)CC1. The topological polar surface area (TPSA) is 49.4 Å². The molecule has 1 aliphatic rings. The van der Waals surface area contributed by atoms with Crippen LogP contribution in [0.1, 0.15) is 25.3 Å². The number of hydrogen-bond acceptors (Lipinski definition) is 2. The van der Waals surface area contributed by atoms with Crippen LogP contribution in [0.4, 0.5) is 10.1 Å². The minimum Gasteiger partial charge on any atom is -0.343 e. The summed E-state index contributed by atoms with van der Waals surface area (Å²) in [5.74, 6) is -0.495. The molecule has 2 rings (SSSR count). The van der Waals surface area contributed by atoms with Gasteiger partial charge in [-0.2, -0.15) is 0 Å². The standard InChI is InChI=1S/C15H19FN2O2/c1-10-3-4-13(9-14(10)16)17-15(20)12-5-7-18(8-6-12)11(2)19/h3-4,9,12H,5-8H2,1-2H3,(H,17,20). The molecule has 1 heterocycles. The van der Waals surface area contributed by atoms with E-state index in [1.807, 2.05) is 0 Å². The Kier molecular flexibility index (Phi) is 4.37. The third-order valence-corrected chi connectivity index (χ3v) is 3.75. The molecule has 0 bridgehead atoms. The Morgan fingerprint density at radius 3 is 2.50 bits per heavy atom. The van der Waals surface area contributed by atoms with Crippen molar-refractivity contribution in [1.82, 2.24) is 4.90 Å². The Balaban J connectivity index is 1.92. The number of halogens is 1. The number of carbonyl (C=O) groups excluding carboxylic acids is 2. The van der Waals surface area contributed by atoms with Crippen LogP contribution in [-0.2, 0) is 9.59 Å². The maximum absolute atomic E-state index is 13.4. The molecular weight excluding hydrogens is 259 g/mol. The van der Waals surface area contributed by atoms with Crippen LogP contribution in [0.5, 0.6) is 0 Å². The van der Waals surface area contributed by atoms with E-state index < -0.39 is 0 Å². The molecule has 1 saturated heterocycles. The Bertz CT molecular complexity index is 523. The number of hydrogen-bond donors (Lipinski definition) is 1. The molecule has 0 radical (unpaired) electrons. The van der Waals surface area contributed by atoms with E-state index in [1.54, 1.807) is 24.0 Å². The fourth-order valence-corrected chi connectivity index (χ4v) is 2.37. The highest BCUT2D eigenvalue weighted by Crippen LogP contribution is 2.20. The van der Waals surface area contributed by atoms with E-state index in [-0.39, 0.29) is 23.5 Å². The Labute approximate surface area is 118 Å². The van der Waals surface area contributed by atoms with Crippen LogP contribution >= 0.6 is 0 Å². The molecule has 1 aromatic carbocycles. The molecule has 1 fully saturated rings. The summed E-state index contributed by atoms with van der Waals surface area (Å²) in [6.45, 7) is 4.43. The molecular formula is C15H19FN2O2. The molecule has 0 unspecified atom stereocenters. The summed E-state index contributed by atoms with van der Waals surface area (Å²) < 4.78 is 13.4. The molecule has 1 N–H and O–H groups in total. The molecule has 0 saturated carbocycles. The molecule has 4 nitrogen and oxygen atoms in total. The highest BCUT2D eigenvalue weighted by molar-refractivity contribution is 5.92. The zero-order valence-electron chi connectivity index (χ0n) is 11.8. The number of likely N-dealkylation sites (tertiary alicyclic amines) is 1. The van der Waals surface area contributed by atoms with Crippen molar-refractivity contribution >= 4 is 17.5 Å². The molecule has 2 amide bonds. The van der Waals surface area contributed by atoms with E-state index in [0.717, 1.165) is 0 Å².